The Labute approximate surface area is 229 Å². The minimum absolute atomic E-state index is 0.143. The summed E-state index contributed by atoms with van der Waals surface area (Å²) in [4.78, 5) is 44.9. The third-order valence-corrected chi connectivity index (χ3v) is 8.46. The van der Waals surface area contributed by atoms with Crippen LogP contribution in [0.4, 0.5) is 5.69 Å². The summed E-state index contributed by atoms with van der Waals surface area (Å²) in [6.07, 6.45) is 5.99. The lowest BCUT2D eigenvalue weighted by Gasteiger charge is -2.37. The van der Waals surface area contributed by atoms with Gasteiger partial charge in [-0.2, -0.15) is 0 Å². The first-order valence-electron chi connectivity index (χ1n) is 13.2. The summed E-state index contributed by atoms with van der Waals surface area (Å²) in [6, 6.07) is 4.41. The van der Waals surface area contributed by atoms with Crippen molar-refractivity contribution in [1.29, 1.82) is 0 Å². The second kappa shape index (κ2) is 11.2. The number of halogens is 1. The highest BCUT2D eigenvalue weighted by Gasteiger charge is 2.78. The lowest BCUT2D eigenvalue weighted by Crippen LogP contribution is -2.56. The maximum atomic E-state index is 14.5. The molecule has 3 aliphatic rings. The number of likely N-dealkylation sites (tertiary alicyclic amines) is 1. The first-order chi connectivity index (χ1) is 18.2. The molecule has 1 aromatic carbocycles. The molecule has 2 bridgehead atoms. The number of benzene rings is 1. The summed E-state index contributed by atoms with van der Waals surface area (Å²) in [7, 11) is 0. The molecular weight excluding hydrogens is 508 g/mol. The van der Waals surface area contributed by atoms with Gasteiger partial charge in [-0.05, 0) is 57.6 Å². The van der Waals surface area contributed by atoms with Crippen molar-refractivity contribution in [1.82, 2.24) is 4.90 Å². The van der Waals surface area contributed by atoms with E-state index < -0.39 is 35.0 Å². The minimum atomic E-state index is -1.18. The van der Waals surface area contributed by atoms with E-state index in [9.17, 15) is 19.5 Å². The van der Waals surface area contributed by atoms with E-state index in [4.69, 9.17) is 21.1 Å². The number of amides is 2. The highest BCUT2D eigenvalue weighted by atomic mass is 35.5. The second-order valence-electron chi connectivity index (χ2n) is 10.6. The fourth-order valence-corrected chi connectivity index (χ4v) is 6.89. The summed E-state index contributed by atoms with van der Waals surface area (Å²) < 4.78 is 12.2. The number of aliphatic hydroxyl groups is 1. The summed E-state index contributed by atoms with van der Waals surface area (Å²) in [6.45, 7) is 11.6. The molecule has 0 saturated carbocycles. The Morgan fingerprint density at radius 1 is 1.29 bits per heavy atom. The molecule has 1 aromatic rings. The summed E-state index contributed by atoms with van der Waals surface area (Å²) in [5, 5.41) is 9.97. The number of para-hydroxylation sites is 1. The lowest BCUT2D eigenvalue weighted by molar-refractivity contribution is -0.159. The van der Waals surface area contributed by atoms with Gasteiger partial charge in [0.1, 0.15) is 17.6 Å². The first kappa shape index (κ1) is 28.3. The number of aliphatic hydroxyl groups excluding tert-OH is 1. The van der Waals surface area contributed by atoms with Crippen LogP contribution in [0, 0.1) is 18.8 Å². The van der Waals surface area contributed by atoms with Gasteiger partial charge in [-0.1, -0.05) is 35.9 Å². The van der Waals surface area contributed by atoms with Gasteiger partial charge in [0.05, 0.1) is 28.8 Å². The predicted molar refractivity (Wildman–Crippen MR) is 145 cm³/mol. The van der Waals surface area contributed by atoms with Gasteiger partial charge in [-0.3, -0.25) is 14.4 Å². The maximum absolute atomic E-state index is 14.5. The molecule has 5 atom stereocenters. The molecule has 3 fully saturated rings. The van der Waals surface area contributed by atoms with Gasteiger partial charge < -0.3 is 24.4 Å². The molecule has 0 aromatic heterocycles. The molecule has 2 unspecified atom stereocenters. The number of carbonyl (C=O) groups is 3. The van der Waals surface area contributed by atoms with Gasteiger partial charge >= 0.3 is 5.97 Å². The maximum Gasteiger partial charge on any atom is 0.312 e. The molecule has 3 heterocycles. The molecule has 206 valence electrons. The lowest BCUT2D eigenvalue weighted by atomic mass is 9.66. The van der Waals surface area contributed by atoms with Crippen molar-refractivity contribution in [2.75, 3.05) is 31.2 Å². The third kappa shape index (κ3) is 4.56. The van der Waals surface area contributed by atoms with Crippen LogP contribution in [-0.4, -0.2) is 71.3 Å². The van der Waals surface area contributed by atoms with E-state index in [0.717, 1.165) is 5.56 Å². The van der Waals surface area contributed by atoms with Crippen LogP contribution in [0.3, 0.4) is 0 Å². The van der Waals surface area contributed by atoms with Crippen LogP contribution in [0.2, 0.25) is 5.02 Å². The van der Waals surface area contributed by atoms with Crippen molar-refractivity contribution < 1.29 is 29.0 Å². The Kier molecular flexibility index (Phi) is 8.35. The number of nitrogens with zero attached hydrogens (tertiary/aromatic N) is 2. The summed E-state index contributed by atoms with van der Waals surface area (Å²) in [5.74, 6) is -2.81. The molecule has 9 heteroatoms. The molecular formula is C29H37ClN2O6. The zero-order chi connectivity index (χ0) is 27.7. The predicted octanol–water partition coefficient (Wildman–Crippen LogP) is 3.82. The van der Waals surface area contributed by atoms with Crippen LogP contribution in [0.1, 0.15) is 44.6 Å². The number of rotatable bonds is 12. The number of fused-ring (bicyclic) bond motifs is 1. The van der Waals surface area contributed by atoms with E-state index in [1.54, 1.807) is 23.1 Å². The molecule has 3 aliphatic heterocycles. The van der Waals surface area contributed by atoms with Crippen LogP contribution in [0.5, 0.6) is 0 Å². The van der Waals surface area contributed by atoms with Gasteiger partial charge in [0, 0.05) is 19.7 Å². The van der Waals surface area contributed by atoms with Crippen molar-refractivity contribution in [3.63, 3.8) is 0 Å². The number of ether oxygens (including phenoxy) is 2. The average Bonchev–Trinajstić information content (AvgIpc) is 3.44. The second-order valence-corrected chi connectivity index (χ2v) is 11.0. The van der Waals surface area contributed by atoms with E-state index in [0.29, 0.717) is 42.8 Å². The number of hydrogen-bond donors (Lipinski definition) is 1. The number of aryl methyl sites for hydroxylation is 1. The van der Waals surface area contributed by atoms with Crippen molar-refractivity contribution in [2.45, 2.75) is 63.2 Å². The normalized spacial score (nSPS) is 29.3. The van der Waals surface area contributed by atoms with Crippen LogP contribution in [0.25, 0.3) is 0 Å². The SMILES string of the molecule is C=CCCCOC(=O)[C@H]1[C@H]2C(=O)N(CCCO)C(C(=O)N(CC=C)c3c(C)cccc3Cl)C23CC[C@]1(C)O3. The van der Waals surface area contributed by atoms with Gasteiger partial charge in [-0.15, -0.1) is 13.2 Å². The summed E-state index contributed by atoms with van der Waals surface area (Å²) >= 11 is 6.56. The Morgan fingerprint density at radius 2 is 2.05 bits per heavy atom. The van der Waals surface area contributed by atoms with Crippen molar-refractivity contribution in [3.05, 3.63) is 54.1 Å². The zero-order valence-electron chi connectivity index (χ0n) is 22.2. The van der Waals surface area contributed by atoms with Crippen LogP contribution < -0.4 is 4.90 Å². The zero-order valence-corrected chi connectivity index (χ0v) is 22.9. The summed E-state index contributed by atoms with van der Waals surface area (Å²) in [5.41, 5.74) is -0.748. The fraction of sp³-hybridized carbons (Fsp3) is 0.552. The Balaban J connectivity index is 1.75. The number of carbonyl (C=O) groups excluding carboxylic acids is 3. The van der Waals surface area contributed by atoms with Crippen molar-refractivity contribution in [2.24, 2.45) is 11.8 Å². The van der Waals surface area contributed by atoms with Crippen LogP contribution in [-0.2, 0) is 23.9 Å². The van der Waals surface area contributed by atoms with Crippen molar-refractivity contribution in [3.8, 4) is 0 Å². The molecule has 4 rings (SSSR count). The number of anilines is 1. The van der Waals surface area contributed by atoms with E-state index in [1.807, 2.05) is 26.0 Å². The third-order valence-electron chi connectivity index (χ3n) is 8.15. The molecule has 38 heavy (non-hydrogen) atoms. The monoisotopic (exact) mass is 544 g/mol. The smallest absolute Gasteiger partial charge is 0.312 e. The largest absolute Gasteiger partial charge is 0.465 e. The van der Waals surface area contributed by atoms with Crippen molar-refractivity contribution >= 4 is 35.1 Å². The Morgan fingerprint density at radius 3 is 2.71 bits per heavy atom. The minimum Gasteiger partial charge on any atom is -0.465 e. The molecule has 0 aliphatic carbocycles. The fourth-order valence-electron chi connectivity index (χ4n) is 6.57. The van der Waals surface area contributed by atoms with Gasteiger partial charge in [0.2, 0.25) is 5.91 Å². The molecule has 3 saturated heterocycles. The Hall–Kier alpha value is -2.68. The van der Waals surface area contributed by atoms with Crippen LogP contribution in [0.15, 0.2) is 43.5 Å². The number of unbranched alkanes of at least 4 members (excludes halogenated alkanes) is 1. The molecule has 0 radical (unpaired) electrons. The standard InChI is InChI=1S/C29H37ClN2O6/c1-5-7-8-18-37-27(36)22-21-25(34)32(16-10-17-33)24(29(21)14-13-28(22,4)38-29)26(35)31(15-6-2)23-19(3)11-9-12-20(23)30/h5-6,9,11-12,21-22,24,33H,1-2,7-8,10,13-18H2,3-4H3/t21-,22+,24?,28-,29?/m0/s1. The van der Waals surface area contributed by atoms with E-state index in [1.165, 1.54) is 4.90 Å². The Bertz CT molecular complexity index is 1100. The number of esters is 1. The van der Waals surface area contributed by atoms with Gasteiger partial charge in [0.25, 0.3) is 5.91 Å². The molecule has 1 spiro atoms. The topological polar surface area (TPSA) is 96.4 Å². The van der Waals surface area contributed by atoms with E-state index >= 15 is 0 Å². The van der Waals surface area contributed by atoms with E-state index in [2.05, 4.69) is 13.2 Å². The first-order valence-corrected chi connectivity index (χ1v) is 13.6. The highest BCUT2D eigenvalue weighted by molar-refractivity contribution is 6.34. The molecule has 8 nitrogen and oxygen atoms in total. The quantitative estimate of drug-likeness (QED) is 0.244. The van der Waals surface area contributed by atoms with Crippen LogP contribution >= 0.6 is 11.6 Å². The number of hydrogen-bond acceptors (Lipinski definition) is 6. The number of allylic oxidation sites excluding steroid dienone is 1. The van der Waals surface area contributed by atoms with E-state index in [-0.39, 0.29) is 38.1 Å². The van der Waals surface area contributed by atoms with Gasteiger partial charge in [-0.25, -0.2) is 0 Å². The highest BCUT2D eigenvalue weighted by Crippen LogP contribution is 2.63. The van der Waals surface area contributed by atoms with Gasteiger partial charge in [0.15, 0.2) is 0 Å². The molecule has 1 N–H and O–H groups in total. The average molecular weight is 545 g/mol. The molecule has 2 amide bonds.